The molecular weight excluding hydrogens is 482 g/mol. The number of β-lactam (4-membered cyclic amide) rings is 1. The van der Waals surface area contributed by atoms with E-state index in [1.807, 2.05) is 0 Å². The minimum absolute atomic E-state index is 0.150. The van der Waals surface area contributed by atoms with Crippen LogP contribution < -0.4 is 9.62 Å². The van der Waals surface area contributed by atoms with Crippen LogP contribution >= 0.6 is 0 Å². The summed E-state index contributed by atoms with van der Waals surface area (Å²) in [7, 11) is -4.81. The molecule has 35 heavy (non-hydrogen) atoms. The summed E-state index contributed by atoms with van der Waals surface area (Å²) in [4.78, 5) is 14.5. The second-order valence-corrected chi connectivity index (χ2v) is 9.32. The lowest BCUT2D eigenvalue weighted by Gasteiger charge is -2.48. The van der Waals surface area contributed by atoms with E-state index in [4.69, 9.17) is 0 Å². The summed E-state index contributed by atoms with van der Waals surface area (Å²) >= 11 is 0. The normalized spacial score (nSPS) is 18.7. The number of phenolic OH excluding ortho intramolecular Hbond substituents is 1. The second-order valence-electron chi connectivity index (χ2n) is 8.21. The van der Waals surface area contributed by atoms with E-state index in [-0.39, 0.29) is 35.7 Å². The Labute approximate surface area is 200 Å². The first-order valence-corrected chi connectivity index (χ1v) is 12.0. The zero-order chi connectivity index (χ0) is 25.3. The van der Waals surface area contributed by atoms with E-state index in [0.29, 0.717) is 11.3 Å². The average molecular weight is 504 g/mol. The Bertz CT molecular complexity index is 1330. The van der Waals surface area contributed by atoms with Gasteiger partial charge in [-0.15, -0.1) is 0 Å². The lowest BCUT2D eigenvalue weighted by atomic mass is 9.78. The first kappa shape index (κ1) is 24.6. The molecule has 0 aliphatic carbocycles. The predicted molar refractivity (Wildman–Crippen MR) is 122 cm³/mol. The zero-order valence-electron chi connectivity index (χ0n) is 18.1. The van der Waals surface area contributed by atoms with Gasteiger partial charge in [-0.3, -0.25) is 9.52 Å². The van der Waals surface area contributed by atoms with E-state index in [1.54, 1.807) is 4.72 Å². The molecule has 0 radical (unpaired) electrons. The Morgan fingerprint density at radius 1 is 1.00 bits per heavy atom. The van der Waals surface area contributed by atoms with Crippen LogP contribution in [0.3, 0.4) is 0 Å². The number of hydrogen-bond acceptors (Lipinski definition) is 6. The van der Waals surface area contributed by atoms with Crippen molar-refractivity contribution in [3.8, 4) is 5.75 Å². The van der Waals surface area contributed by atoms with E-state index in [2.05, 4.69) is 0 Å². The Hall–Kier alpha value is -3.54. The predicted octanol–water partition coefficient (Wildman–Crippen LogP) is 3.76. The molecule has 0 unspecified atom stereocenters. The molecule has 1 aliphatic heterocycles. The number of rotatable bonds is 8. The molecule has 8 nitrogen and oxygen atoms in total. The van der Waals surface area contributed by atoms with Crippen LogP contribution in [0.25, 0.3) is 0 Å². The topological polar surface area (TPSA) is 130 Å². The van der Waals surface area contributed by atoms with Crippen LogP contribution in [0.1, 0.15) is 36.1 Å². The standard InChI is InChI=1S/C24H22F2N2O6S/c25-15-3-1-14(2-4-15)21(29)12-11-20-23(28(24(20)31)18-8-5-16(26)6-9-18)19-10-7-17(13-22(19)30)27-35(32,33)34/h1-10,13,20-21,23,27,29-30H,11-12H2,(H,32,33,34)/p-1/t20-,21+,23-/m1/s1. The highest BCUT2D eigenvalue weighted by Gasteiger charge is 2.49. The maximum Gasteiger partial charge on any atom is 0.233 e. The molecule has 184 valence electrons. The van der Waals surface area contributed by atoms with Crippen molar-refractivity contribution in [1.29, 1.82) is 0 Å². The lowest BCUT2D eigenvalue weighted by Crippen LogP contribution is -2.55. The van der Waals surface area contributed by atoms with Gasteiger partial charge in [0.25, 0.3) is 0 Å². The number of benzene rings is 3. The van der Waals surface area contributed by atoms with E-state index in [9.17, 15) is 36.8 Å². The van der Waals surface area contributed by atoms with E-state index in [1.165, 1.54) is 65.6 Å². The minimum atomic E-state index is -4.81. The van der Waals surface area contributed by atoms with E-state index in [0.717, 1.165) is 6.07 Å². The number of nitrogens with zero attached hydrogens (tertiary/aromatic N) is 1. The van der Waals surface area contributed by atoms with Crippen molar-refractivity contribution in [2.45, 2.75) is 25.0 Å². The summed E-state index contributed by atoms with van der Waals surface area (Å²) in [6, 6.07) is 13.6. The van der Waals surface area contributed by atoms with Crippen molar-refractivity contribution in [2.75, 3.05) is 9.62 Å². The summed E-state index contributed by atoms with van der Waals surface area (Å²) < 4.78 is 61.2. The molecule has 0 aromatic heterocycles. The molecule has 1 heterocycles. The molecule has 11 heteroatoms. The van der Waals surface area contributed by atoms with Gasteiger partial charge in [-0.2, -0.15) is 0 Å². The Balaban J connectivity index is 1.61. The summed E-state index contributed by atoms with van der Waals surface area (Å²) in [5.41, 5.74) is 1.01. The van der Waals surface area contributed by atoms with Crippen molar-refractivity contribution in [1.82, 2.24) is 0 Å². The molecular formula is C24H21F2N2O6S-. The molecule has 0 bridgehead atoms. The number of anilines is 2. The van der Waals surface area contributed by atoms with Crippen molar-refractivity contribution >= 4 is 27.6 Å². The summed E-state index contributed by atoms with van der Waals surface area (Å²) in [5, 5.41) is 21.1. The van der Waals surface area contributed by atoms with E-state index < -0.39 is 40.0 Å². The van der Waals surface area contributed by atoms with Gasteiger partial charge in [-0.1, -0.05) is 18.2 Å². The molecule has 4 rings (SSSR count). The second kappa shape index (κ2) is 9.61. The zero-order valence-corrected chi connectivity index (χ0v) is 19.0. The summed E-state index contributed by atoms with van der Waals surface area (Å²) in [6.45, 7) is 0. The van der Waals surface area contributed by atoms with Crippen molar-refractivity contribution < 1.29 is 36.8 Å². The van der Waals surface area contributed by atoms with Gasteiger partial charge in [-0.25, -0.2) is 17.2 Å². The maximum atomic E-state index is 13.4. The number of amides is 1. The smallest absolute Gasteiger partial charge is 0.233 e. The third kappa shape index (κ3) is 5.42. The molecule has 1 saturated heterocycles. The summed E-state index contributed by atoms with van der Waals surface area (Å²) in [6.07, 6.45) is -0.565. The van der Waals surface area contributed by atoms with Gasteiger partial charge in [0.05, 0.1) is 23.8 Å². The number of aromatic hydroxyl groups is 1. The van der Waals surface area contributed by atoms with Crippen LogP contribution in [0, 0.1) is 17.6 Å². The number of hydrogen-bond donors (Lipinski definition) is 3. The highest BCUT2D eigenvalue weighted by atomic mass is 32.2. The largest absolute Gasteiger partial charge is 0.731 e. The monoisotopic (exact) mass is 503 g/mol. The molecule has 0 saturated carbocycles. The fourth-order valence-corrected chi connectivity index (χ4v) is 4.68. The van der Waals surface area contributed by atoms with Gasteiger partial charge >= 0.3 is 0 Å². The molecule has 3 N–H and O–H groups in total. The number of phenols is 1. The van der Waals surface area contributed by atoms with Crippen molar-refractivity contribution in [3.05, 3.63) is 89.5 Å². The quantitative estimate of drug-likeness (QED) is 0.317. The van der Waals surface area contributed by atoms with Crippen LogP contribution in [0.5, 0.6) is 5.75 Å². The summed E-state index contributed by atoms with van der Waals surface area (Å²) in [5.74, 6) is -2.26. The van der Waals surface area contributed by atoms with Crippen LogP contribution in [-0.2, 0) is 15.1 Å². The van der Waals surface area contributed by atoms with Crippen molar-refractivity contribution in [2.24, 2.45) is 5.92 Å². The van der Waals surface area contributed by atoms with Gasteiger partial charge in [0, 0.05) is 17.3 Å². The van der Waals surface area contributed by atoms with Crippen LogP contribution in [0.15, 0.2) is 66.7 Å². The first-order chi connectivity index (χ1) is 16.5. The molecule has 0 spiro atoms. The third-order valence-corrected chi connectivity index (χ3v) is 6.40. The number of aliphatic hydroxyl groups excluding tert-OH is 1. The number of carbonyl (C=O) groups excluding carboxylic acids is 1. The van der Waals surface area contributed by atoms with Gasteiger partial charge in [0.2, 0.25) is 5.91 Å². The fourth-order valence-electron chi connectivity index (χ4n) is 4.27. The molecule has 1 amide bonds. The number of nitrogens with one attached hydrogen (secondary N) is 1. The Morgan fingerprint density at radius 3 is 2.17 bits per heavy atom. The van der Waals surface area contributed by atoms with Gasteiger partial charge in [-0.05, 0) is 60.9 Å². The Kier molecular flexibility index (Phi) is 6.75. The molecule has 1 aliphatic rings. The first-order valence-electron chi connectivity index (χ1n) is 10.6. The van der Waals surface area contributed by atoms with Crippen molar-refractivity contribution in [3.63, 3.8) is 0 Å². The van der Waals surface area contributed by atoms with E-state index >= 15 is 0 Å². The van der Waals surface area contributed by atoms with Crippen LogP contribution in [0.4, 0.5) is 20.2 Å². The maximum absolute atomic E-state index is 13.4. The van der Waals surface area contributed by atoms with Gasteiger partial charge in [0.1, 0.15) is 17.4 Å². The third-order valence-electron chi connectivity index (χ3n) is 5.92. The van der Waals surface area contributed by atoms with Gasteiger partial charge < -0.3 is 19.7 Å². The molecule has 3 atom stereocenters. The SMILES string of the molecule is O=C1[C@H](CC[C@H](O)c2ccc(F)cc2)[C@@H](c2ccc(NS(=O)(=O)[O-])cc2O)N1c1ccc(F)cc1. The van der Waals surface area contributed by atoms with Gasteiger partial charge in [0.15, 0.2) is 10.3 Å². The Morgan fingerprint density at radius 2 is 1.60 bits per heavy atom. The molecule has 1 fully saturated rings. The number of aliphatic hydroxyl groups is 1. The lowest BCUT2D eigenvalue weighted by molar-refractivity contribution is -0.131. The van der Waals surface area contributed by atoms with Crippen LogP contribution in [0.2, 0.25) is 0 Å². The molecule has 3 aromatic carbocycles. The number of carbonyl (C=O) groups is 1. The highest BCUT2D eigenvalue weighted by molar-refractivity contribution is 7.87. The minimum Gasteiger partial charge on any atom is -0.731 e. The van der Waals surface area contributed by atoms with Crippen LogP contribution in [-0.4, -0.2) is 29.1 Å². The molecule has 3 aromatic rings. The average Bonchev–Trinajstić information content (AvgIpc) is 2.78. The highest BCUT2D eigenvalue weighted by Crippen LogP contribution is 2.48. The number of halogens is 2. The fraction of sp³-hybridized carbons (Fsp3) is 0.208.